The van der Waals surface area contributed by atoms with E-state index in [0.717, 1.165) is 11.3 Å². The van der Waals surface area contributed by atoms with Crippen molar-refractivity contribution in [2.45, 2.75) is 11.3 Å². The summed E-state index contributed by atoms with van der Waals surface area (Å²) in [7, 11) is 0. The van der Waals surface area contributed by atoms with Crippen LogP contribution in [0.2, 0.25) is 0 Å². The number of hydrogen-bond acceptors (Lipinski definition) is 4. The summed E-state index contributed by atoms with van der Waals surface area (Å²) >= 11 is 1.47. The molecule has 0 bridgehead atoms. The Morgan fingerprint density at radius 2 is 1.92 bits per heavy atom. The zero-order valence-corrected chi connectivity index (χ0v) is 7.92. The normalized spacial score (nSPS) is 10.0. The van der Waals surface area contributed by atoms with Crippen LogP contribution >= 0.6 is 11.8 Å². The Morgan fingerprint density at radius 1 is 1.31 bits per heavy atom. The van der Waals surface area contributed by atoms with Crippen LogP contribution in [-0.2, 0) is 5.75 Å². The Morgan fingerprint density at radius 3 is 2.38 bits per heavy atom. The van der Waals surface area contributed by atoms with Gasteiger partial charge in [0.1, 0.15) is 5.50 Å². The van der Waals surface area contributed by atoms with Gasteiger partial charge in [0, 0.05) is 5.75 Å². The van der Waals surface area contributed by atoms with Crippen LogP contribution in [0.25, 0.3) is 0 Å². The van der Waals surface area contributed by atoms with Gasteiger partial charge in [-0.2, -0.15) is 5.26 Å². The van der Waals surface area contributed by atoms with Gasteiger partial charge in [-0.05, 0) is 17.7 Å². The average molecular weight is 193 g/mol. The lowest BCUT2D eigenvalue weighted by atomic mass is 10.2. The molecular weight excluding hydrogens is 182 g/mol. The molecule has 3 nitrogen and oxygen atoms in total. The number of benzene rings is 1. The minimum atomic E-state index is -0.337. The highest BCUT2D eigenvalue weighted by Crippen LogP contribution is 2.12. The molecule has 4 heteroatoms. The first-order valence-electron chi connectivity index (χ1n) is 3.84. The maximum absolute atomic E-state index is 8.55. The highest BCUT2D eigenvalue weighted by Gasteiger charge is 1.97. The molecule has 0 spiro atoms. The van der Waals surface area contributed by atoms with Crippen molar-refractivity contribution in [3.8, 4) is 6.07 Å². The largest absolute Gasteiger partial charge is 0.307 e. The van der Waals surface area contributed by atoms with Gasteiger partial charge < -0.3 is 11.5 Å². The number of hydrogen-bond donors (Lipinski definition) is 2. The summed E-state index contributed by atoms with van der Waals surface area (Å²) in [4.78, 5) is 0. The third-order valence-electron chi connectivity index (χ3n) is 1.53. The first-order valence-corrected chi connectivity index (χ1v) is 4.89. The van der Waals surface area contributed by atoms with Gasteiger partial charge in [0.15, 0.2) is 0 Å². The predicted molar refractivity (Wildman–Crippen MR) is 54.6 cm³/mol. The SMILES string of the molecule is N#Cc1ccc(CSC(N)N)cc1. The van der Waals surface area contributed by atoms with E-state index < -0.39 is 0 Å². The fourth-order valence-corrected chi connectivity index (χ4v) is 1.45. The van der Waals surface area contributed by atoms with Crippen LogP contribution < -0.4 is 11.5 Å². The topological polar surface area (TPSA) is 75.8 Å². The van der Waals surface area contributed by atoms with Gasteiger partial charge in [0.2, 0.25) is 0 Å². The smallest absolute Gasteiger partial charge is 0.101 e. The van der Waals surface area contributed by atoms with Crippen molar-refractivity contribution in [1.29, 1.82) is 5.26 Å². The lowest BCUT2D eigenvalue weighted by molar-refractivity contribution is 0.986. The Hall–Kier alpha value is -1.02. The average Bonchev–Trinajstić information content (AvgIpc) is 2.15. The summed E-state index contributed by atoms with van der Waals surface area (Å²) in [6, 6.07) is 9.46. The van der Waals surface area contributed by atoms with Crippen LogP contribution in [0.5, 0.6) is 0 Å². The van der Waals surface area contributed by atoms with Crippen LogP contribution in [-0.4, -0.2) is 5.50 Å². The molecule has 1 aromatic carbocycles. The molecule has 1 aromatic rings. The summed E-state index contributed by atoms with van der Waals surface area (Å²) in [5.74, 6) is 0.781. The Labute approximate surface area is 81.7 Å². The monoisotopic (exact) mass is 193 g/mol. The van der Waals surface area contributed by atoms with E-state index in [1.807, 2.05) is 12.1 Å². The van der Waals surface area contributed by atoms with Gasteiger partial charge in [-0.15, -0.1) is 11.8 Å². The molecule has 0 aliphatic heterocycles. The van der Waals surface area contributed by atoms with Crippen molar-refractivity contribution in [2.75, 3.05) is 0 Å². The summed E-state index contributed by atoms with van der Waals surface area (Å²) in [5.41, 5.74) is 12.2. The molecule has 0 atom stereocenters. The van der Waals surface area contributed by atoms with Crippen LogP contribution in [0.3, 0.4) is 0 Å². The lowest BCUT2D eigenvalue weighted by Crippen LogP contribution is -2.26. The number of nitrogens with zero attached hydrogens (tertiary/aromatic N) is 1. The molecule has 0 aliphatic carbocycles. The third kappa shape index (κ3) is 3.47. The van der Waals surface area contributed by atoms with Crippen LogP contribution in [0.15, 0.2) is 24.3 Å². The second-order valence-corrected chi connectivity index (χ2v) is 3.75. The minimum Gasteiger partial charge on any atom is -0.307 e. The van der Waals surface area contributed by atoms with E-state index >= 15 is 0 Å². The Kier molecular flexibility index (Phi) is 3.77. The van der Waals surface area contributed by atoms with Crippen molar-refractivity contribution in [3.63, 3.8) is 0 Å². The van der Waals surface area contributed by atoms with E-state index in [9.17, 15) is 0 Å². The maximum atomic E-state index is 8.55. The summed E-state index contributed by atoms with van der Waals surface area (Å²) in [5, 5.41) is 8.55. The first-order chi connectivity index (χ1) is 6.22. The van der Waals surface area contributed by atoms with Gasteiger partial charge >= 0.3 is 0 Å². The molecule has 0 saturated heterocycles. The third-order valence-corrected chi connectivity index (χ3v) is 2.41. The van der Waals surface area contributed by atoms with Crippen molar-refractivity contribution in [2.24, 2.45) is 11.5 Å². The van der Waals surface area contributed by atoms with Crippen LogP contribution in [0, 0.1) is 11.3 Å². The first kappa shape index (κ1) is 10.1. The zero-order valence-electron chi connectivity index (χ0n) is 7.10. The van der Waals surface area contributed by atoms with Gasteiger partial charge in [-0.1, -0.05) is 12.1 Å². The summed E-state index contributed by atoms with van der Waals surface area (Å²) in [6.45, 7) is 0. The second-order valence-electron chi connectivity index (χ2n) is 2.58. The zero-order chi connectivity index (χ0) is 9.68. The van der Waals surface area contributed by atoms with Gasteiger partial charge in [0.05, 0.1) is 11.6 Å². The molecule has 0 unspecified atom stereocenters. The van der Waals surface area contributed by atoms with Crippen molar-refractivity contribution < 1.29 is 0 Å². The number of nitriles is 1. The second kappa shape index (κ2) is 4.87. The van der Waals surface area contributed by atoms with Crippen LogP contribution in [0.4, 0.5) is 0 Å². The Balaban J connectivity index is 2.55. The van der Waals surface area contributed by atoms with Crippen molar-refractivity contribution in [3.05, 3.63) is 35.4 Å². The van der Waals surface area contributed by atoms with E-state index in [1.165, 1.54) is 11.8 Å². The number of thioether (sulfide) groups is 1. The van der Waals surface area contributed by atoms with E-state index in [0.29, 0.717) is 5.56 Å². The van der Waals surface area contributed by atoms with E-state index in [1.54, 1.807) is 12.1 Å². The highest BCUT2D eigenvalue weighted by molar-refractivity contribution is 7.99. The Bertz CT molecular complexity index is 300. The molecule has 0 heterocycles. The van der Waals surface area contributed by atoms with Crippen molar-refractivity contribution >= 4 is 11.8 Å². The molecule has 0 fully saturated rings. The highest BCUT2D eigenvalue weighted by atomic mass is 32.2. The summed E-state index contributed by atoms with van der Waals surface area (Å²) < 4.78 is 0. The predicted octanol–water partition coefficient (Wildman–Crippen LogP) is 0.992. The molecule has 0 radical (unpaired) electrons. The van der Waals surface area contributed by atoms with E-state index in [4.69, 9.17) is 16.7 Å². The molecule has 0 aliphatic rings. The molecule has 0 amide bonds. The number of rotatable bonds is 3. The van der Waals surface area contributed by atoms with Crippen LogP contribution in [0.1, 0.15) is 11.1 Å². The molecular formula is C9H11N3S. The molecule has 1 rings (SSSR count). The molecule has 68 valence electrons. The number of nitrogens with two attached hydrogens (primary N) is 2. The van der Waals surface area contributed by atoms with Crippen molar-refractivity contribution in [1.82, 2.24) is 0 Å². The molecule has 0 aromatic heterocycles. The standard InChI is InChI=1S/C9H11N3S/c10-5-7-1-3-8(4-2-7)6-13-9(11)12/h1-4,9H,6,11-12H2. The quantitative estimate of drug-likeness (QED) is 0.702. The lowest BCUT2D eigenvalue weighted by Gasteiger charge is -2.04. The fourth-order valence-electron chi connectivity index (χ4n) is 0.868. The van der Waals surface area contributed by atoms with E-state index in [2.05, 4.69) is 6.07 Å². The molecule has 0 saturated carbocycles. The maximum Gasteiger partial charge on any atom is 0.101 e. The molecule has 4 N–H and O–H groups in total. The van der Waals surface area contributed by atoms with Gasteiger partial charge in [0.25, 0.3) is 0 Å². The molecule has 13 heavy (non-hydrogen) atoms. The van der Waals surface area contributed by atoms with Gasteiger partial charge in [-0.25, -0.2) is 0 Å². The van der Waals surface area contributed by atoms with Gasteiger partial charge in [-0.3, -0.25) is 0 Å². The fraction of sp³-hybridized carbons (Fsp3) is 0.222. The minimum absolute atomic E-state index is 0.337. The summed E-state index contributed by atoms with van der Waals surface area (Å²) in [6.07, 6.45) is 0. The van der Waals surface area contributed by atoms with E-state index in [-0.39, 0.29) is 5.50 Å².